The van der Waals surface area contributed by atoms with Crippen molar-refractivity contribution in [1.82, 2.24) is 23.9 Å². The first-order chi connectivity index (χ1) is 14.9. The first-order valence-corrected chi connectivity index (χ1v) is 11.0. The van der Waals surface area contributed by atoms with Gasteiger partial charge in [-0.15, -0.1) is 0 Å². The molecule has 1 aromatic carbocycles. The third-order valence-corrected chi connectivity index (χ3v) is 6.74. The standard InChI is InChI=1S/C21H25N5O4S/c1-21(15-8-10-25(11-9-15)18(27)17-13-22-31-24-17)19(28)26(20(29)23-21)12-7-14-3-5-16(30-2)6-4-14/h3-6,13,15H,7-12H2,1-2H3,(H,23,29). The Bertz CT molecular complexity index is 957. The van der Waals surface area contributed by atoms with Crippen LogP contribution in [-0.2, 0) is 11.2 Å². The molecule has 4 rings (SSSR count). The summed E-state index contributed by atoms with van der Waals surface area (Å²) in [5.74, 6) is 0.398. The molecule has 0 saturated carbocycles. The Kier molecular flexibility index (Phi) is 5.90. The van der Waals surface area contributed by atoms with Gasteiger partial charge in [0.15, 0.2) is 5.69 Å². The van der Waals surface area contributed by atoms with Gasteiger partial charge in [0.2, 0.25) is 0 Å². The van der Waals surface area contributed by atoms with Crippen molar-refractivity contribution in [2.24, 2.45) is 5.92 Å². The van der Waals surface area contributed by atoms with Gasteiger partial charge in [-0.3, -0.25) is 14.5 Å². The van der Waals surface area contributed by atoms with Gasteiger partial charge in [0, 0.05) is 19.6 Å². The van der Waals surface area contributed by atoms with Gasteiger partial charge in [0.25, 0.3) is 11.8 Å². The van der Waals surface area contributed by atoms with E-state index in [1.54, 1.807) is 18.9 Å². The molecular formula is C21H25N5O4S. The highest BCUT2D eigenvalue weighted by atomic mass is 32.1. The Morgan fingerprint density at radius 3 is 2.58 bits per heavy atom. The fourth-order valence-electron chi connectivity index (χ4n) is 4.31. The molecule has 0 spiro atoms. The Morgan fingerprint density at radius 1 is 1.26 bits per heavy atom. The number of rotatable bonds is 6. The molecule has 1 atom stereocenters. The molecular weight excluding hydrogens is 418 g/mol. The highest BCUT2D eigenvalue weighted by Gasteiger charge is 2.52. The minimum atomic E-state index is -0.950. The quantitative estimate of drug-likeness (QED) is 0.685. The summed E-state index contributed by atoms with van der Waals surface area (Å²) >= 11 is 1.01. The summed E-state index contributed by atoms with van der Waals surface area (Å²) in [5, 5.41) is 2.92. The summed E-state index contributed by atoms with van der Waals surface area (Å²) in [6.45, 7) is 3.16. The number of carbonyl (C=O) groups is 3. The predicted octanol–water partition coefficient (Wildman–Crippen LogP) is 1.95. The van der Waals surface area contributed by atoms with Crippen LogP contribution in [-0.4, -0.2) is 68.7 Å². The molecule has 2 aromatic rings. The van der Waals surface area contributed by atoms with E-state index in [1.807, 2.05) is 24.3 Å². The third-order valence-electron chi connectivity index (χ3n) is 6.26. The summed E-state index contributed by atoms with van der Waals surface area (Å²) in [7, 11) is 1.61. The maximum atomic E-state index is 13.2. The number of amides is 4. The second-order valence-corrected chi connectivity index (χ2v) is 8.60. The molecule has 31 heavy (non-hydrogen) atoms. The highest BCUT2D eigenvalue weighted by Crippen LogP contribution is 2.34. The van der Waals surface area contributed by atoms with E-state index in [1.165, 1.54) is 11.1 Å². The van der Waals surface area contributed by atoms with Crippen LogP contribution in [0.3, 0.4) is 0 Å². The first-order valence-electron chi connectivity index (χ1n) is 10.3. The van der Waals surface area contributed by atoms with E-state index in [4.69, 9.17) is 4.74 Å². The maximum absolute atomic E-state index is 13.2. The van der Waals surface area contributed by atoms with Crippen molar-refractivity contribution < 1.29 is 19.1 Å². The van der Waals surface area contributed by atoms with Crippen LogP contribution in [0.5, 0.6) is 5.75 Å². The summed E-state index contributed by atoms with van der Waals surface area (Å²) in [6, 6.07) is 7.24. The lowest BCUT2D eigenvalue weighted by atomic mass is 9.79. The van der Waals surface area contributed by atoms with E-state index in [9.17, 15) is 14.4 Å². The van der Waals surface area contributed by atoms with E-state index in [2.05, 4.69) is 14.1 Å². The van der Waals surface area contributed by atoms with Gasteiger partial charge in [0.05, 0.1) is 25.0 Å². The average molecular weight is 444 g/mol. The van der Waals surface area contributed by atoms with Crippen molar-refractivity contribution >= 4 is 29.6 Å². The molecule has 2 saturated heterocycles. The fourth-order valence-corrected chi connectivity index (χ4v) is 4.72. The van der Waals surface area contributed by atoms with Crippen LogP contribution in [0.2, 0.25) is 0 Å². The van der Waals surface area contributed by atoms with Gasteiger partial charge in [-0.1, -0.05) is 12.1 Å². The molecule has 2 aliphatic heterocycles. The van der Waals surface area contributed by atoms with E-state index in [0.29, 0.717) is 44.6 Å². The number of ether oxygens (including phenoxy) is 1. The van der Waals surface area contributed by atoms with Crippen molar-refractivity contribution in [2.75, 3.05) is 26.7 Å². The number of nitrogens with zero attached hydrogens (tertiary/aromatic N) is 4. The van der Waals surface area contributed by atoms with Gasteiger partial charge in [-0.25, -0.2) is 4.79 Å². The number of carbonyl (C=O) groups excluding carboxylic acids is 3. The first kappa shape index (κ1) is 21.2. The van der Waals surface area contributed by atoms with Crippen LogP contribution in [0.15, 0.2) is 30.5 Å². The lowest BCUT2D eigenvalue weighted by Crippen LogP contribution is -2.54. The maximum Gasteiger partial charge on any atom is 0.325 e. The molecule has 2 aliphatic rings. The van der Waals surface area contributed by atoms with Crippen molar-refractivity contribution in [2.45, 2.75) is 31.7 Å². The summed E-state index contributed by atoms with van der Waals surface area (Å²) in [6.07, 6.45) is 3.33. The summed E-state index contributed by atoms with van der Waals surface area (Å²) in [4.78, 5) is 41.3. The van der Waals surface area contributed by atoms with Crippen molar-refractivity contribution in [3.05, 3.63) is 41.7 Å². The largest absolute Gasteiger partial charge is 0.497 e. The van der Waals surface area contributed by atoms with Crippen molar-refractivity contribution in [3.8, 4) is 5.75 Å². The lowest BCUT2D eigenvalue weighted by Gasteiger charge is -2.38. The van der Waals surface area contributed by atoms with Crippen molar-refractivity contribution in [3.63, 3.8) is 0 Å². The number of piperidine rings is 1. The van der Waals surface area contributed by atoms with Crippen LogP contribution in [0, 0.1) is 5.92 Å². The van der Waals surface area contributed by atoms with Gasteiger partial charge < -0.3 is 15.0 Å². The molecule has 164 valence electrons. The Hall–Kier alpha value is -3.01. The summed E-state index contributed by atoms with van der Waals surface area (Å²) in [5.41, 5.74) is 0.428. The normalized spacial score (nSPS) is 22.0. The number of methoxy groups -OCH3 is 1. The minimum absolute atomic E-state index is 0.0347. The lowest BCUT2D eigenvalue weighted by molar-refractivity contribution is -0.133. The highest BCUT2D eigenvalue weighted by molar-refractivity contribution is 6.99. The van der Waals surface area contributed by atoms with Gasteiger partial charge in [0.1, 0.15) is 11.3 Å². The van der Waals surface area contributed by atoms with E-state index in [-0.39, 0.29) is 23.8 Å². The zero-order valence-electron chi connectivity index (χ0n) is 17.5. The molecule has 0 bridgehead atoms. The Balaban J connectivity index is 1.36. The monoisotopic (exact) mass is 443 g/mol. The van der Waals surface area contributed by atoms with E-state index >= 15 is 0 Å². The molecule has 0 aliphatic carbocycles. The molecule has 0 radical (unpaired) electrons. The number of aromatic nitrogens is 2. The number of hydrogen-bond acceptors (Lipinski definition) is 7. The summed E-state index contributed by atoms with van der Waals surface area (Å²) < 4.78 is 13.0. The van der Waals surface area contributed by atoms with E-state index < -0.39 is 5.54 Å². The Morgan fingerprint density at radius 2 is 1.97 bits per heavy atom. The second-order valence-electron chi connectivity index (χ2n) is 8.05. The third kappa shape index (κ3) is 4.12. The van der Waals surface area contributed by atoms with Crippen LogP contribution in [0.1, 0.15) is 35.8 Å². The number of nitrogens with one attached hydrogen (secondary N) is 1. The zero-order chi connectivity index (χ0) is 22.0. The number of urea groups is 1. The van der Waals surface area contributed by atoms with Crippen LogP contribution in [0.4, 0.5) is 4.79 Å². The molecule has 1 unspecified atom stereocenters. The number of hydrogen-bond donors (Lipinski definition) is 1. The zero-order valence-corrected chi connectivity index (χ0v) is 18.4. The van der Waals surface area contributed by atoms with Gasteiger partial charge in [-0.05, 0) is 49.8 Å². The van der Waals surface area contributed by atoms with Gasteiger partial charge >= 0.3 is 6.03 Å². The van der Waals surface area contributed by atoms with E-state index in [0.717, 1.165) is 23.0 Å². The van der Waals surface area contributed by atoms with Gasteiger partial charge in [-0.2, -0.15) is 8.75 Å². The minimum Gasteiger partial charge on any atom is -0.497 e. The van der Waals surface area contributed by atoms with Crippen molar-refractivity contribution in [1.29, 1.82) is 0 Å². The fraction of sp³-hybridized carbons (Fsp3) is 0.476. The molecule has 4 amide bonds. The van der Waals surface area contributed by atoms with Crippen LogP contribution >= 0.6 is 11.7 Å². The topological polar surface area (TPSA) is 105 Å². The molecule has 2 fully saturated rings. The molecule has 3 heterocycles. The number of imide groups is 1. The molecule has 10 heteroatoms. The average Bonchev–Trinajstić information content (AvgIpc) is 3.40. The molecule has 9 nitrogen and oxygen atoms in total. The van der Waals surface area contributed by atoms with Crippen LogP contribution < -0.4 is 10.1 Å². The smallest absolute Gasteiger partial charge is 0.325 e. The Labute approximate surface area is 184 Å². The van der Waals surface area contributed by atoms with Crippen LogP contribution in [0.25, 0.3) is 0 Å². The number of benzene rings is 1. The number of likely N-dealkylation sites (tertiary alicyclic amines) is 1. The SMILES string of the molecule is COc1ccc(CCN2C(=O)NC(C)(C3CCN(C(=O)c4cnsn4)CC3)C2=O)cc1. The predicted molar refractivity (Wildman–Crippen MR) is 114 cm³/mol. The second kappa shape index (κ2) is 8.62. The molecule has 1 aromatic heterocycles. The molecule has 1 N–H and O–H groups in total.